The molecule has 6 nitrogen and oxygen atoms in total. The number of H-pyrrole nitrogens is 2. The highest BCUT2D eigenvalue weighted by atomic mass is 16.1. The molecule has 0 atom stereocenters. The number of nitrogens with one attached hydrogen (secondary N) is 2. The Morgan fingerprint density at radius 1 is 1.10 bits per heavy atom. The minimum absolute atomic E-state index is 0.207. The Morgan fingerprint density at radius 3 is 2.52 bits per heavy atom. The first-order valence-electron chi connectivity index (χ1n) is 6.94. The standard InChI is InChI=1S/C15H16N4O2/c1-2-6-11-16-12-13(15(21)18-17-14(12)20)19(11)9-10-7-4-3-5-8-10/h3-5,7-8H,2,6,9H2,1H3,(H,17,20)(H,18,21). The summed E-state index contributed by atoms with van der Waals surface area (Å²) in [6, 6.07) is 9.82. The van der Waals surface area contributed by atoms with Gasteiger partial charge < -0.3 is 4.57 Å². The lowest BCUT2D eigenvalue weighted by atomic mass is 10.2. The molecule has 3 aromatic rings. The lowest BCUT2D eigenvalue weighted by Gasteiger charge is -2.08. The molecule has 0 unspecified atom stereocenters. The molecule has 3 rings (SSSR count). The van der Waals surface area contributed by atoms with E-state index in [0.717, 1.165) is 24.2 Å². The predicted octanol–water partition coefficient (Wildman–Crippen LogP) is 1.41. The Morgan fingerprint density at radius 2 is 1.81 bits per heavy atom. The number of hydrogen-bond acceptors (Lipinski definition) is 3. The van der Waals surface area contributed by atoms with Crippen LogP contribution in [0, 0.1) is 0 Å². The van der Waals surface area contributed by atoms with Gasteiger partial charge in [0.25, 0.3) is 11.1 Å². The average Bonchev–Trinajstić information content (AvgIpc) is 2.85. The number of aryl methyl sites for hydroxylation is 1. The molecule has 2 N–H and O–H groups in total. The van der Waals surface area contributed by atoms with Gasteiger partial charge in [-0.05, 0) is 12.0 Å². The zero-order valence-corrected chi connectivity index (χ0v) is 11.7. The Balaban J connectivity index is 2.23. The molecule has 0 amide bonds. The van der Waals surface area contributed by atoms with Crippen molar-refractivity contribution in [3.8, 4) is 0 Å². The zero-order chi connectivity index (χ0) is 14.8. The smallest absolute Gasteiger partial charge is 0.290 e. The van der Waals surface area contributed by atoms with Crippen LogP contribution in [0.25, 0.3) is 11.0 Å². The van der Waals surface area contributed by atoms with Gasteiger partial charge in [0.2, 0.25) is 0 Å². The molecule has 0 radical (unpaired) electrons. The summed E-state index contributed by atoms with van der Waals surface area (Å²) >= 11 is 0. The molecule has 0 aliphatic carbocycles. The molecular formula is C15H16N4O2. The van der Waals surface area contributed by atoms with Crippen molar-refractivity contribution < 1.29 is 0 Å². The normalized spacial score (nSPS) is 11.1. The van der Waals surface area contributed by atoms with Gasteiger partial charge in [-0.15, -0.1) is 0 Å². The van der Waals surface area contributed by atoms with Crippen LogP contribution in [0.1, 0.15) is 24.7 Å². The summed E-state index contributed by atoms with van der Waals surface area (Å²) in [6.07, 6.45) is 1.62. The molecule has 0 bridgehead atoms. The Labute approximate surface area is 120 Å². The minimum Gasteiger partial charge on any atom is -0.319 e. The SMILES string of the molecule is CCCc1nc2c(=O)[nH][nH]c(=O)c2n1Cc1ccccc1. The molecule has 6 heteroatoms. The second kappa shape index (κ2) is 5.40. The summed E-state index contributed by atoms with van der Waals surface area (Å²) < 4.78 is 1.84. The molecule has 2 heterocycles. The second-order valence-electron chi connectivity index (χ2n) is 4.96. The largest absolute Gasteiger partial charge is 0.319 e. The fourth-order valence-electron chi connectivity index (χ4n) is 2.47. The maximum absolute atomic E-state index is 12.1. The summed E-state index contributed by atoms with van der Waals surface area (Å²) in [6.45, 7) is 2.57. The Hall–Kier alpha value is -2.63. The number of nitrogens with zero attached hydrogens (tertiary/aromatic N) is 2. The summed E-state index contributed by atoms with van der Waals surface area (Å²) in [4.78, 5) is 28.3. The molecule has 0 aliphatic rings. The lowest BCUT2D eigenvalue weighted by molar-refractivity contribution is 0.719. The van der Waals surface area contributed by atoms with E-state index in [-0.39, 0.29) is 16.6 Å². The van der Waals surface area contributed by atoms with Crippen LogP contribution >= 0.6 is 0 Å². The quantitative estimate of drug-likeness (QED) is 0.760. The van der Waals surface area contributed by atoms with Crippen LogP contribution in [0.5, 0.6) is 0 Å². The van der Waals surface area contributed by atoms with Gasteiger partial charge in [-0.25, -0.2) is 4.98 Å². The van der Waals surface area contributed by atoms with Crippen LogP contribution in [0.4, 0.5) is 0 Å². The number of aromatic nitrogens is 4. The van der Waals surface area contributed by atoms with Crippen LogP contribution in [0.15, 0.2) is 39.9 Å². The van der Waals surface area contributed by atoms with E-state index in [0.29, 0.717) is 12.1 Å². The summed E-state index contributed by atoms with van der Waals surface area (Å²) in [5.74, 6) is 0.763. The molecule has 0 aliphatic heterocycles. The van der Waals surface area contributed by atoms with Crippen molar-refractivity contribution in [2.24, 2.45) is 0 Å². The fraction of sp³-hybridized carbons (Fsp3) is 0.267. The third kappa shape index (κ3) is 2.40. The highest BCUT2D eigenvalue weighted by molar-refractivity contribution is 5.73. The van der Waals surface area contributed by atoms with Gasteiger partial charge in [0.15, 0.2) is 5.52 Å². The second-order valence-corrected chi connectivity index (χ2v) is 4.96. The van der Waals surface area contributed by atoms with Crippen LogP contribution in [0.3, 0.4) is 0 Å². The number of benzene rings is 1. The fourth-order valence-corrected chi connectivity index (χ4v) is 2.47. The van der Waals surface area contributed by atoms with E-state index in [9.17, 15) is 9.59 Å². The third-order valence-corrected chi connectivity index (χ3v) is 3.42. The van der Waals surface area contributed by atoms with Gasteiger partial charge in [-0.2, -0.15) is 0 Å². The molecule has 108 valence electrons. The maximum Gasteiger partial charge on any atom is 0.290 e. The molecule has 0 saturated heterocycles. The molecule has 0 saturated carbocycles. The molecule has 1 aromatic carbocycles. The third-order valence-electron chi connectivity index (χ3n) is 3.42. The van der Waals surface area contributed by atoms with Gasteiger partial charge in [-0.3, -0.25) is 19.8 Å². The Kier molecular flexibility index (Phi) is 3.43. The number of fused-ring (bicyclic) bond motifs is 1. The molecular weight excluding hydrogens is 268 g/mol. The van der Waals surface area contributed by atoms with Crippen molar-refractivity contribution in [3.63, 3.8) is 0 Å². The lowest BCUT2D eigenvalue weighted by Crippen LogP contribution is -2.21. The number of rotatable bonds is 4. The van der Waals surface area contributed by atoms with Crippen LogP contribution in [0.2, 0.25) is 0 Å². The molecule has 2 aromatic heterocycles. The zero-order valence-electron chi connectivity index (χ0n) is 11.7. The monoisotopic (exact) mass is 284 g/mol. The Bertz CT molecular complexity index is 874. The van der Waals surface area contributed by atoms with E-state index in [1.165, 1.54) is 0 Å². The van der Waals surface area contributed by atoms with Gasteiger partial charge in [0.05, 0.1) is 0 Å². The van der Waals surface area contributed by atoms with E-state index in [1.807, 2.05) is 41.8 Å². The van der Waals surface area contributed by atoms with Crippen molar-refractivity contribution in [1.82, 2.24) is 19.7 Å². The summed E-state index contributed by atoms with van der Waals surface area (Å²) in [5, 5.41) is 4.69. The summed E-state index contributed by atoms with van der Waals surface area (Å²) in [7, 11) is 0. The van der Waals surface area contributed by atoms with E-state index < -0.39 is 0 Å². The maximum atomic E-state index is 12.1. The first-order chi connectivity index (χ1) is 10.2. The van der Waals surface area contributed by atoms with Gasteiger partial charge in [0, 0.05) is 13.0 Å². The van der Waals surface area contributed by atoms with Gasteiger partial charge in [-0.1, -0.05) is 37.3 Å². The van der Waals surface area contributed by atoms with Crippen molar-refractivity contribution in [2.45, 2.75) is 26.3 Å². The van der Waals surface area contributed by atoms with Gasteiger partial charge >= 0.3 is 0 Å². The van der Waals surface area contributed by atoms with Crippen LogP contribution in [-0.4, -0.2) is 19.7 Å². The number of hydrogen-bond donors (Lipinski definition) is 2. The molecule has 21 heavy (non-hydrogen) atoms. The van der Waals surface area contributed by atoms with Crippen LogP contribution in [-0.2, 0) is 13.0 Å². The highest BCUT2D eigenvalue weighted by Gasteiger charge is 2.16. The van der Waals surface area contributed by atoms with E-state index in [1.54, 1.807) is 0 Å². The van der Waals surface area contributed by atoms with Crippen molar-refractivity contribution in [3.05, 3.63) is 62.4 Å². The van der Waals surface area contributed by atoms with Gasteiger partial charge in [0.1, 0.15) is 11.3 Å². The summed E-state index contributed by atoms with van der Waals surface area (Å²) in [5.41, 5.74) is 0.919. The minimum atomic E-state index is -0.367. The van der Waals surface area contributed by atoms with Crippen molar-refractivity contribution in [1.29, 1.82) is 0 Å². The van der Waals surface area contributed by atoms with Crippen molar-refractivity contribution in [2.75, 3.05) is 0 Å². The number of imidazole rings is 1. The highest BCUT2D eigenvalue weighted by Crippen LogP contribution is 2.13. The molecule has 0 fully saturated rings. The average molecular weight is 284 g/mol. The van der Waals surface area contributed by atoms with E-state index in [2.05, 4.69) is 15.2 Å². The topological polar surface area (TPSA) is 83.5 Å². The number of aromatic amines is 2. The first-order valence-corrected chi connectivity index (χ1v) is 6.94. The predicted molar refractivity (Wildman–Crippen MR) is 80.5 cm³/mol. The van der Waals surface area contributed by atoms with E-state index >= 15 is 0 Å². The first kappa shape index (κ1) is 13.4. The van der Waals surface area contributed by atoms with Crippen molar-refractivity contribution >= 4 is 11.0 Å². The van der Waals surface area contributed by atoms with Crippen LogP contribution < -0.4 is 11.1 Å². The molecule has 0 spiro atoms. The van der Waals surface area contributed by atoms with E-state index in [4.69, 9.17) is 0 Å².